The molecule has 0 saturated carbocycles. The summed E-state index contributed by atoms with van der Waals surface area (Å²) in [5.74, 6) is 0.382. The standard InChI is InChI=1S/C24H26N2O5S/c1-3-5-6-16-7-9-18-21(13-16)32-24(26(18)15-22(27)29-4-2)25-23(28)17-8-10-19-20(14-17)31-12-11-30-19/h7-10,13-14H,3-6,11-12,15H2,1-2H3. The Morgan fingerprint density at radius 2 is 1.91 bits per heavy atom. The normalized spacial score (nSPS) is 13.4. The van der Waals surface area contributed by atoms with E-state index < -0.39 is 5.91 Å². The Kier molecular flexibility index (Phi) is 6.90. The molecule has 0 unspecified atom stereocenters. The number of rotatable bonds is 7. The smallest absolute Gasteiger partial charge is 0.326 e. The molecule has 0 saturated heterocycles. The second kappa shape index (κ2) is 9.99. The van der Waals surface area contributed by atoms with E-state index in [1.165, 1.54) is 16.9 Å². The molecule has 0 atom stereocenters. The molecular formula is C24H26N2O5S. The van der Waals surface area contributed by atoms with Crippen molar-refractivity contribution in [1.82, 2.24) is 4.57 Å². The Labute approximate surface area is 190 Å². The summed E-state index contributed by atoms with van der Waals surface area (Å²) < 4.78 is 19.0. The molecule has 32 heavy (non-hydrogen) atoms. The van der Waals surface area contributed by atoms with Gasteiger partial charge in [-0.05, 0) is 55.7 Å². The van der Waals surface area contributed by atoms with E-state index in [0.29, 0.717) is 41.7 Å². The number of hydrogen-bond acceptors (Lipinski definition) is 6. The quantitative estimate of drug-likeness (QED) is 0.502. The molecule has 0 aliphatic carbocycles. The number of aromatic nitrogens is 1. The lowest BCUT2D eigenvalue weighted by Crippen LogP contribution is -2.23. The number of amides is 1. The van der Waals surface area contributed by atoms with E-state index in [1.807, 2.05) is 6.07 Å². The van der Waals surface area contributed by atoms with Crippen molar-refractivity contribution in [1.29, 1.82) is 0 Å². The van der Waals surface area contributed by atoms with Crippen molar-refractivity contribution >= 4 is 33.4 Å². The number of unbranched alkanes of at least 4 members (excludes halogenated alkanes) is 1. The second-order valence-corrected chi connectivity index (χ2v) is 8.47. The van der Waals surface area contributed by atoms with E-state index in [4.69, 9.17) is 14.2 Å². The van der Waals surface area contributed by atoms with Gasteiger partial charge in [0.05, 0.1) is 16.8 Å². The first-order valence-corrected chi connectivity index (χ1v) is 11.7. The van der Waals surface area contributed by atoms with Gasteiger partial charge < -0.3 is 18.8 Å². The first-order valence-electron chi connectivity index (χ1n) is 10.9. The largest absolute Gasteiger partial charge is 0.486 e. The van der Waals surface area contributed by atoms with Crippen LogP contribution in [0.15, 0.2) is 41.4 Å². The average molecular weight is 455 g/mol. The highest BCUT2D eigenvalue weighted by Crippen LogP contribution is 2.31. The number of carbonyl (C=O) groups is 2. The van der Waals surface area contributed by atoms with Crippen molar-refractivity contribution in [3.8, 4) is 11.5 Å². The fourth-order valence-electron chi connectivity index (χ4n) is 3.56. The van der Waals surface area contributed by atoms with E-state index in [0.717, 1.165) is 29.5 Å². The number of esters is 1. The van der Waals surface area contributed by atoms with Gasteiger partial charge in [0.1, 0.15) is 19.8 Å². The predicted octanol–water partition coefficient (Wildman–Crippen LogP) is 4.12. The minimum atomic E-state index is -0.405. The van der Waals surface area contributed by atoms with Gasteiger partial charge in [-0.25, -0.2) is 0 Å². The van der Waals surface area contributed by atoms with E-state index in [2.05, 4.69) is 24.0 Å². The summed E-state index contributed by atoms with van der Waals surface area (Å²) >= 11 is 1.40. The Bertz CT molecular complexity index is 1210. The molecule has 0 fully saturated rings. The Morgan fingerprint density at radius 3 is 2.69 bits per heavy atom. The number of carbonyl (C=O) groups excluding carboxylic acids is 2. The van der Waals surface area contributed by atoms with Gasteiger partial charge in [-0.2, -0.15) is 4.99 Å². The highest BCUT2D eigenvalue weighted by Gasteiger charge is 2.16. The van der Waals surface area contributed by atoms with Crippen LogP contribution in [0, 0.1) is 0 Å². The van der Waals surface area contributed by atoms with Crippen LogP contribution in [0.4, 0.5) is 0 Å². The van der Waals surface area contributed by atoms with Gasteiger partial charge in [-0.3, -0.25) is 9.59 Å². The third kappa shape index (κ3) is 4.85. The molecule has 1 aromatic heterocycles. The summed E-state index contributed by atoms with van der Waals surface area (Å²) in [7, 11) is 0. The molecule has 3 aromatic rings. The van der Waals surface area contributed by atoms with Crippen LogP contribution in [0.1, 0.15) is 42.6 Å². The molecular weight excluding hydrogens is 428 g/mol. The van der Waals surface area contributed by atoms with Crippen molar-refractivity contribution in [3.05, 3.63) is 52.3 Å². The zero-order chi connectivity index (χ0) is 22.5. The van der Waals surface area contributed by atoms with Crippen molar-refractivity contribution < 1.29 is 23.8 Å². The molecule has 0 N–H and O–H groups in total. The van der Waals surface area contributed by atoms with Gasteiger partial charge in [0, 0.05) is 5.56 Å². The van der Waals surface area contributed by atoms with Crippen LogP contribution < -0.4 is 14.3 Å². The molecule has 168 valence electrons. The average Bonchev–Trinajstić information content (AvgIpc) is 3.13. The number of fused-ring (bicyclic) bond motifs is 2. The molecule has 1 aliphatic rings. The van der Waals surface area contributed by atoms with Crippen molar-refractivity contribution in [3.63, 3.8) is 0 Å². The summed E-state index contributed by atoms with van der Waals surface area (Å²) in [6.07, 6.45) is 3.22. The fraction of sp³-hybridized carbons (Fsp3) is 0.375. The van der Waals surface area contributed by atoms with E-state index in [-0.39, 0.29) is 12.5 Å². The number of ether oxygens (including phenoxy) is 3. The molecule has 8 heteroatoms. The first-order chi connectivity index (χ1) is 15.6. The number of thiazole rings is 1. The first kappa shape index (κ1) is 22.1. The van der Waals surface area contributed by atoms with Crippen LogP contribution in [0.25, 0.3) is 10.2 Å². The molecule has 2 aromatic carbocycles. The van der Waals surface area contributed by atoms with Crippen LogP contribution in [-0.4, -0.2) is 36.3 Å². The Hall–Kier alpha value is -3.13. The maximum atomic E-state index is 13.0. The van der Waals surface area contributed by atoms with Gasteiger partial charge in [-0.15, -0.1) is 0 Å². The van der Waals surface area contributed by atoms with Gasteiger partial charge in [0.2, 0.25) is 0 Å². The second-order valence-electron chi connectivity index (χ2n) is 7.46. The monoisotopic (exact) mass is 454 g/mol. The molecule has 0 bridgehead atoms. The summed E-state index contributed by atoms with van der Waals surface area (Å²) in [6.45, 7) is 5.15. The maximum absolute atomic E-state index is 13.0. The molecule has 4 rings (SSSR count). The maximum Gasteiger partial charge on any atom is 0.326 e. The van der Waals surface area contributed by atoms with Gasteiger partial charge in [0.25, 0.3) is 5.91 Å². The Morgan fingerprint density at radius 1 is 1.09 bits per heavy atom. The summed E-state index contributed by atoms with van der Waals surface area (Å²) in [6, 6.07) is 11.2. The zero-order valence-corrected chi connectivity index (χ0v) is 19.1. The van der Waals surface area contributed by atoms with Gasteiger partial charge in [0.15, 0.2) is 16.3 Å². The van der Waals surface area contributed by atoms with Crippen molar-refractivity contribution in [2.75, 3.05) is 19.8 Å². The topological polar surface area (TPSA) is 79.1 Å². The SMILES string of the molecule is CCCCc1ccc2c(c1)sc(=NC(=O)c1ccc3c(c1)OCCO3)n2CC(=O)OCC. The Balaban J connectivity index is 1.74. The van der Waals surface area contributed by atoms with Crippen LogP contribution >= 0.6 is 11.3 Å². The third-order valence-corrected chi connectivity index (χ3v) is 6.19. The third-order valence-electron chi connectivity index (χ3n) is 5.15. The van der Waals surface area contributed by atoms with E-state index in [1.54, 1.807) is 29.7 Å². The highest BCUT2D eigenvalue weighted by atomic mass is 32.1. The van der Waals surface area contributed by atoms with Gasteiger partial charge >= 0.3 is 5.97 Å². The van der Waals surface area contributed by atoms with Crippen molar-refractivity contribution in [2.45, 2.75) is 39.7 Å². The lowest BCUT2D eigenvalue weighted by molar-refractivity contribution is -0.143. The number of benzene rings is 2. The molecule has 1 amide bonds. The summed E-state index contributed by atoms with van der Waals surface area (Å²) in [5.41, 5.74) is 2.49. The van der Waals surface area contributed by atoms with Gasteiger partial charge in [-0.1, -0.05) is 30.7 Å². The van der Waals surface area contributed by atoms with Crippen LogP contribution in [0.3, 0.4) is 0 Å². The van der Waals surface area contributed by atoms with Crippen LogP contribution in [0.2, 0.25) is 0 Å². The molecule has 0 spiro atoms. The summed E-state index contributed by atoms with van der Waals surface area (Å²) in [5, 5.41) is 0. The fourth-order valence-corrected chi connectivity index (χ4v) is 4.65. The minimum absolute atomic E-state index is 0.00456. The minimum Gasteiger partial charge on any atom is -0.486 e. The van der Waals surface area contributed by atoms with E-state index >= 15 is 0 Å². The molecule has 7 nitrogen and oxygen atoms in total. The summed E-state index contributed by atoms with van der Waals surface area (Å²) in [4.78, 5) is 30.0. The number of aryl methyl sites for hydroxylation is 1. The highest BCUT2D eigenvalue weighted by molar-refractivity contribution is 7.16. The molecule has 1 aliphatic heterocycles. The lowest BCUT2D eigenvalue weighted by atomic mass is 10.1. The zero-order valence-electron chi connectivity index (χ0n) is 18.3. The van der Waals surface area contributed by atoms with Crippen LogP contribution in [-0.2, 0) is 22.5 Å². The van der Waals surface area contributed by atoms with Crippen LogP contribution in [0.5, 0.6) is 11.5 Å². The predicted molar refractivity (Wildman–Crippen MR) is 122 cm³/mol. The molecule has 2 heterocycles. The lowest BCUT2D eigenvalue weighted by Gasteiger charge is -2.18. The number of nitrogens with zero attached hydrogens (tertiary/aromatic N) is 2. The van der Waals surface area contributed by atoms with E-state index in [9.17, 15) is 9.59 Å². The molecule has 0 radical (unpaired) electrons. The van der Waals surface area contributed by atoms with Crippen molar-refractivity contribution in [2.24, 2.45) is 4.99 Å². The number of hydrogen-bond donors (Lipinski definition) is 0.